The highest BCUT2D eigenvalue weighted by molar-refractivity contribution is 14.0. The van der Waals surface area contributed by atoms with Crippen LogP contribution in [0.2, 0.25) is 0 Å². The van der Waals surface area contributed by atoms with Crippen molar-refractivity contribution in [3.63, 3.8) is 0 Å². The maximum absolute atomic E-state index is 13.0. The SMILES string of the molecule is CCOCCCNC(=NC)NCCc1cccc(F)c1.I. The fraction of sp³-hybridized carbons (Fsp3) is 0.533. The molecule has 0 atom stereocenters. The first-order chi connectivity index (χ1) is 9.76. The molecular formula is C15H25FIN3O. The van der Waals surface area contributed by atoms with Gasteiger partial charge >= 0.3 is 0 Å². The Morgan fingerprint density at radius 3 is 2.71 bits per heavy atom. The van der Waals surface area contributed by atoms with Crippen LogP contribution in [0.1, 0.15) is 18.9 Å². The van der Waals surface area contributed by atoms with Crippen LogP contribution < -0.4 is 10.6 Å². The molecule has 4 nitrogen and oxygen atoms in total. The number of ether oxygens (including phenoxy) is 1. The zero-order valence-corrected chi connectivity index (χ0v) is 15.0. The van der Waals surface area contributed by atoms with Gasteiger partial charge in [0.2, 0.25) is 0 Å². The highest BCUT2D eigenvalue weighted by Crippen LogP contribution is 2.03. The Hall–Kier alpha value is -0.890. The third-order valence-electron chi connectivity index (χ3n) is 2.78. The van der Waals surface area contributed by atoms with E-state index >= 15 is 0 Å². The number of nitrogens with one attached hydrogen (secondary N) is 2. The quantitative estimate of drug-likeness (QED) is 0.300. The van der Waals surface area contributed by atoms with E-state index in [1.54, 1.807) is 19.2 Å². The third-order valence-corrected chi connectivity index (χ3v) is 2.78. The molecular weight excluding hydrogens is 384 g/mol. The number of hydrogen-bond donors (Lipinski definition) is 2. The van der Waals surface area contributed by atoms with Crippen LogP contribution in [0, 0.1) is 5.82 Å². The molecule has 0 saturated heterocycles. The fourth-order valence-electron chi connectivity index (χ4n) is 1.76. The number of guanidine groups is 1. The lowest BCUT2D eigenvalue weighted by atomic mass is 10.1. The molecule has 0 aromatic heterocycles. The molecule has 0 fully saturated rings. The van der Waals surface area contributed by atoms with Gasteiger partial charge in [-0.05, 0) is 37.5 Å². The molecule has 21 heavy (non-hydrogen) atoms. The van der Waals surface area contributed by atoms with Gasteiger partial charge in [0.15, 0.2) is 5.96 Å². The first kappa shape index (κ1) is 20.1. The Morgan fingerprint density at radius 1 is 1.29 bits per heavy atom. The lowest BCUT2D eigenvalue weighted by Gasteiger charge is -2.11. The molecule has 0 radical (unpaired) electrons. The van der Waals surface area contributed by atoms with Crippen LogP contribution in [0.15, 0.2) is 29.3 Å². The summed E-state index contributed by atoms with van der Waals surface area (Å²) in [4.78, 5) is 4.13. The first-order valence-corrected chi connectivity index (χ1v) is 7.03. The number of aliphatic imine (C=N–C) groups is 1. The standard InChI is InChI=1S/C15H24FN3O.HI/c1-3-20-11-5-9-18-15(17-2)19-10-8-13-6-4-7-14(16)12-13;/h4,6-7,12H,3,5,8-11H2,1-2H3,(H2,17,18,19);1H. The van der Waals surface area contributed by atoms with Crippen LogP contribution in [-0.4, -0.2) is 39.3 Å². The molecule has 0 unspecified atom stereocenters. The van der Waals surface area contributed by atoms with Gasteiger partial charge in [0, 0.05) is 33.4 Å². The first-order valence-electron chi connectivity index (χ1n) is 7.03. The lowest BCUT2D eigenvalue weighted by Crippen LogP contribution is -2.39. The molecule has 0 bridgehead atoms. The smallest absolute Gasteiger partial charge is 0.190 e. The summed E-state index contributed by atoms with van der Waals surface area (Å²) in [5.74, 6) is 0.568. The van der Waals surface area contributed by atoms with Gasteiger partial charge in [-0.15, -0.1) is 24.0 Å². The lowest BCUT2D eigenvalue weighted by molar-refractivity contribution is 0.145. The minimum Gasteiger partial charge on any atom is -0.382 e. The Bertz CT molecular complexity index is 416. The molecule has 0 spiro atoms. The average molecular weight is 409 g/mol. The average Bonchev–Trinajstić information content (AvgIpc) is 2.45. The summed E-state index contributed by atoms with van der Waals surface area (Å²) in [5, 5.41) is 6.41. The van der Waals surface area contributed by atoms with Crippen LogP contribution >= 0.6 is 24.0 Å². The molecule has 0 aliphatic heterocycles. The highest BCUT2D eigenvalue weighted by Gasteiger charge is 1.98. The number of hydrogen-bond acceptors (Lipinski definition) is 2. The van der Waals surface area contributed by atoms with Crippen molar-refractivity contribution in [2.45, 2.75) is 19.8 Å². The fourth-order valence-corrected chi connectivity index (χ4v) is 1.76. The minimum atomic E-state index is -0.194. The maximum Gasteiger partial charge on any atom is 0.190 e. The van der Waals surface area contributed by atoms with E-state index < -0.39 is 0 Å². The second-order valence-electron chi connectivity index (χ2n) is 4.36. The second-order valence-corrected chi connectivity index (χ2v) is 4.36. The summed E-state index contributed by atoms with van der Waals surface area (Å²) < 4.78 is 18.3. The summed E-state index contributed by atoms with van der Waals surface area (Å²) in [6.07, 6.45) is 1.70. The summed E-state index contributed by atoms with van der Waals surface area (Å²) in [7, 11) is 1.74. The zero-order chi connectivity index (χ0) is 14.6. The molecule has 0 aliphatic rings. The Balaban J connectivity index is 0.00000400. The van der Waals surface area contributed by atoms with Crippen molar-refractivity contribution in [1.82, 2.24) is 10.6 Å². The number of nitrogens with zero attached hydrogens (tertiary/aromatic N) is 1. The van der Waals surface area contributed by atoms with E-state index in [2.05, 4.69) is 15.6 Å². The van der Waals surface area contributed by atoms with E-state index in [1.165, 1.54) is 6.07 Å². The molecule has 6 heteroatoms. The molecule has 1 aromatic rings. The highest BCUT2D eigenvalue weighted by atomic mass is 127. The van der Waals surface area contributed by atoms with Gasteiger partial charge in [0.1, 0.15) is 5.82 Å². The second kappa shape index (κ2) is 12.8. The van der Waals surface area contributed by atoms with Gasteiger partial charge in [-0.1, -0.05) is 12.1 Å². The summed E-state index contributed by atoms with van der Waals surface area (Å²) >= 11 is 0. The number of benzene rings is 1. The summed E-state index contributed by atoms with van der Waals surface area (Å²) in [5.41, 5.74) is 0.976. The number of rotatable bonds is 8. The number of halogens is 2. The Morgan fingerprint density at radius 2 is 2.05 bits per heavy atom. The Labute approximate surface area is 143 Å². The van der Waals surface area contributed by atoms with Gasteiger partial charge in [-0.3, -0.25) is 4.99 Å². The normalized spacial score (nSPS) is 10.9. The monoisotopic (exact) mass is 409 g/mol. The molecule has 0 saturated carbocycles. The van der Waals surface area contributed by atoms with Gasteiger partial charge in [0.05, 0.1) is 0 Å². The van der Waals surface area contributed by atoms with Crippen molar-refractivity contribution >= 4 is 29.9 Å². The summed E-state index contributed by atoms with van der Waals surface area (Å²) in [6, 6.07) is 6.66. The van der Waals surface area contributed by atoms with Crippen molar-refractivity contribution in [1.29, 1.82) is 0 Å². The van der Waals surface area contributed by atoms with Crippen LogP contribution in [0.5, 0.6) is 0 Å². The maximum atomic E-state index is 13.0. The van der Waals surface area contributed by atoms with Crippen molar-refractivity contribution in [2.75, 3.05) is 33.4 Å². The molecule has 0 aliphatic carbocycles. The van der Waals surface area contributed by atoms with Gasteiger partial charge in [-0.25, -0.2) is 4.39 Å². The zero-order valence-electron chi connectivity index (χ0n) is 12.7. The Kier molecular flexibility index (Phi) is 12.3. The molecule has 120 valence electrons. The third kappa shape index (κ3) is 9.62. The van der Waals surface area contributed by atoms with E-state index in [4.69, 9.17) is 4.74 Å². The van der Waals surface area contributed by atoms with Crippen molar-refractivity contribution in [3.05, 3.63) is 35.6 Å². The molecule has 1 aromatic carbocycles. The van der Waals surface area contributed by atoms with Crippen LogP contribution in [0.3, 0.4) is 0 Å². The predicted octanol–water partition coefficient (Wildman–Crippen LogP) is 2.58. The van der Waals surface area contributed by atoms with Crippen molar-refractivity contribution in [3.8, 4) is 0 Å². The van der Waals surface area contributed by atoms with Gasteiger partial charge in [-0.2, -0.15) is 0 Å². The van der Waals surface area contributed by atoms with Gasteiger partial charge < -0.3 is 15.4 Å². The molecule has 0 amide bonds. The molecule has 1 rings (SSSR count). The predicted molar refractivity (Wildman–Crippen MR) is 96.0 cm³/mol. The van der Waals surface area contributed by atoms with Crippen molar-refractivity contribution < 1.29 is 9.13 Å². The van der Waals surface area contributed by atoms with Crippen LogP contribution in [0.25, 0.3) is 0 Å². The van der Waals surface area contributed by atoms with Crippen LogP contribution in [0.4, 0.5) is 4.39 Å². The molecule has 0 heterocycles. The van der Waals surface area contributed by atoms with Crippen LogP contribution in [-0.2, 0) is 11.2 Å². The van der Waals surface area contributed by atoms with E-state index in [0.717, 1.165) is 44.1 Å². The van der Waals surface area contributed by atoms with Crippen molar-refractivity contribution in [2.24, 2.45) is 4.99 Å². The topological polar surface area (TPSA) is 45.6 Å². The van der Waals surface area contributed by atoms with E-state index in [0.29, 0.717) is 6.54 Å². The van der Waals surface area contributed by atoms with E-state index in [-0.39, 0.29) is 29.8 Å². The van der Waals surface area contributed by atoms with E-state index in [1.807, 2.05) is 13.0 Å². The molecule has 2 N–H and O–H groups in total. The largest absolute Gasteiger partial charge is 0.382 e. The van der Waals surface area contributed by atoms with E-state index in [9.17, 15) is 4.39 Å². The summed E-state index contributed by atoms with van der Waals surface area (Å²) in [6.45, 7) is 5.03. The van der Waals surface area contributed by atoms with Gasteiger partial charge in [0.25, 0.3) is 0 Å². The minimum absolute atomic E-state index is 0.